The zero-order chi connectivity index (χ0) is 14.4. The molecule has 0 fully saturated rings. The number of benzene rings is 1. The zero-order valence-corrected chi connectivity index (χ0v) is 11.5. The number of rotatable bonds is 6. The summed E-state index contributed by atoms with van der Waals surface area (Å²) in [4.78, 5) is 12.0. The minimum Gasteiger partial charge on any atom is -0.467 e. The molecular formula is C16H19NO3. The topological polar surface area (TPSA) is 62.5 Å². The quantitative estimate of drug-likeness (QED) is 0.850. The number of amides is 1. The van der Waals surface area contributed by atoms with Crippen molar-refractivity contribution in [2.75, 3.05) is 0 Å². The van der Waals surface area contributed by atoms with Crippen molar-refractivity contribution in [1.29, 1.82) is 0 Å². The summed E-state index contributed by atoms with van der Waals surface area (Å²) in [5.74, 6) is 0.595. The summed E-state index contributed by atoms with van der Waals surface area (Å²) in [6.07, 6.45) is 1.86. The van der Waals surface area contributed by atoms with Crippen molar-refractivity contribution in [3.8, 4) is 0 Å². The number of nitrogens with one attached hydrogen (secondary N) is 1. The molecule has 0 aliphatic rings. The lowest BCUT2D eigenvalue weighted by Gasteiger charge is -2.17. The molecule has 0 saturated carbocycles. The van der Waals surface area contributed by atoms with Gasteiger partial charge in [-0.15, -0.1) is 0 Å². The molecule has 2 atom stereocenters. The molecule has 4 nitrogen and oxygen atoms in total. The SMILES string of the molecule is CC(O)CCC(=O)NC(c1ccccc1)c1ccco1. The largest absolute Gasteiger partial charge is 0.467 e. The van der Waals surface area contributed by atoms with Gasteiger partial charge in [-0.3, -0.25) is 4.79 Å². The van der Waals surface area contributed by atoms with E-state index in [1.807, 2.05) is 36.4 Å². The summed E-state index contributed by atoms with van der Waals surface area (Å²) >= 11 is 0. The predicted molar refractivity (Wildman–Crippen MR) is 76.1 cm³/mol. The van der Waals surface area contributed by atoms with Crippen LogP contribution in [0.15, 0.2) is 53.1 Å². The van der Waals surface area contributed by atoms with Gasteiger partial charge in [0, 0.05) is 6.42 Å². The monoisotopic (exact) mass is 273 g/mol. The molecule has 2 rings (SSSR count). The standard InChI is InChI=1S/C16H19NO3/c1-12(18)9-10-15(19)17-16(14-8-5-11-20-14)13-6-3-2-4-7-13/h2-8,11-12,16,18H,9-10H2,1H3,(H,17,19). The summed E-state index contributed by atoms with van der Waals surface area (Å²) in [6.45, 7) is 1.68. The molecule has 1 heterocycles. The third-order valence-corrected chi connectivity index (χ3v) is 3.06. The van der Waals surface area contributed by atoms with E-state index in [0.717, 1.165) is 5.56 Å². The fraction of sp³-hybridized carbons (Fsp3) is 0.312. The van der Waals surface area contributed by atoms with E-state index in [9.17, 15) is 9.90 Å². The van der Waals surface area contributed by atoms with Crippen molar-refractivity contribution in [2.24, 2.45) is 0 Å². The molecule has 1 aromatic heterocycles. The number of furan rings is 1. The summed E-state index contributed by atoms with van der Waals surface area (Å²) < 4.78 is 5.41. The third-order valence-electron chi connectivity index (χ3n) is 3.06. The highest BCUT2D eigenvalue weighted by molar-refractivity contribution is 5.76. The van der Waals surface area contributed by atoms with Gasteiger partial charge >= 0.3 is 0 Å². The molecule has 2 unspecified atom stereocenters. The van der Waals surface area contributed by atoms with Crippen molar-refractivity contribution in [1.82, 2.24) is 5.32 Å². The van der Waals surface area contributed by atoms with E-state index in [1.54, 1.807) is 19.3 Å². The van der Waals surface area contributed by atoms with Crippen LogP contribution < -0.4 is 5.32 Å². The van der Waals surface area contributed by atoms with Crippen molar-refractivity contribution in [3.05, 3.63) is 60.1 Å². The van der Waals surface area contributed by atoms with E-state index in [-0.39, 0.29) is 11.9 Å². The lowest BCUT2D eigenvalue weighted by atomic mass is 10.0. The molecule has 20 heavy (non-hydrogen) atoms. The molecule has 0 radical (unpaired) electrons. The van der Waals surface area contributed by atoms with Crippen LogP contribution in [0.2, 0.25) is 0 Å². The molecule has 0 aliphatic heterocycles. The molecule has 1 amide bonds. The molecule has 0 bridgehead atoms. The number of aliphatic hydroxyl groups is 1. The number of carbonyl (C=O) groups is 1. The Labute approximate surface area is 118 Å². The van der Waals surface area contributed by atoms with Gasteiger partial charge in [0.1, 0.15) is 11.8 Å². The normalized spacial score (nSPS) is 13.7. The second-order valence-electron chi connectivity index (χ2n) is 4.81. The Morgan fingerprint density at radius 1 is 1.25 bits per heavy atom. The first kappa shape index (κ1) is 14.3. The van der Waals surface area contributed by atoms with E-state index >= 15 is 0 Å². The van der Waals surface area contributed by atoms with Crippen LogP contribution in [0, 0.1) is 0 Å². The van der Waals surface area contributed by atoms with Crippen LogP contribution in [-0.2, 0) is 4.79 Å². The van der Waals surface area contributed by atoms with Gasteiger partial charge < -0.3 is 14.8 Å². The zero-order valence-electron chi connectivity index (χ0n) is 11.5. The maximum atomic E-state index is 12.0. The number of carbonyl (C=O) groups excluding carboxylic acids is 1. The molecular weight excluding hydrogens is 254 g/mol. The van der Waals surface area contributed by atoms with Gasteiger partial charge in [0.15, 0.2) is 0 Å². The average Bonchev–Trinajstić information content (AvgIpc) is 2.97. The molecule has 2 N–H and O–H groups in total. The Balaban J connectivity index is 2.10. The predicted octanol–water partition coefficient (Wildman–Crippen LogP) is 2.65. The first-order valence-electron chi connectivity index (χ1n) is 6.72. The molecule has 0 aliphatic carbocycles. The Morgan fingerprint density at radius 2 is 2.00 bits per heavy atom. The van der Waals surface area contributed by atoms with Gasteiger partial charge in [0.25, 0.3) is 0 Å². The molecule has 2 aromatic rings. The van der Waals surface area contributed by atoms with Gasteiger partial charge in [-0.05, 0) is 31.0 Å². The summed E-state index contributed by atoms with van der Waals surface area (Å²) in [5, 5.41) is 12.2. The lowest BCUT2D eigenvalue weighted by Crippen LogP contribution is -2.29. The molecule has 106 valence electrons. The second-order valence-corrected chi connectivity index (χ2v) is 4.81. The second kappa shape index (κ2) is 6.91. The van der Waals surface area contributed by atoms with Crippen LogP contribution in [0.1, 0.15) is 37.1 Å². The van der Waals surface area contributed by atoms with E-state index in [0.29, 0.717) is 18.6 Å². The summed E-state index contributed by atoms with van der Waals surface area (Å²) in [5.41, 5.74) is 0.966. The van der Waals surface area contributed by atoms with Gasteiger partial charge in [-0.2, -0.15) is 0 Å². The van der Waals surface area contributed by atoms with Crippen molar-refractivity contribution >= 4 is 5.91 Å². The highest BCUT2D eigenvalue weighted by Crippen LogP contribution is 2.22. The van der Waals surface area contributed by atoms with Crippen LogP contribution in [0.3, 0.4) is 0 Å². The van der Waals surface area contributed by atoms with Gasteiger partial charge in [0.05, 0.1) is 12.4 Å². The van der Waals surface area contributed by atoms with Crippen molar-refractivity contribution in [2.45, 2.75) is 31.9 Å². The molecule has 0 saturated heterocycles. The smallest absolute Gasteiger partial charge is 0.220 e. The van der Waals surface area contributed by atoms with Crippen molar-refractivity contribution < 1.29 is 14.3 Å². The Bertz CT molecular complexity index is 520. The van der Waals surface area contributed by atoms with E-state index in [1.165, 1.54) is 0 Å². The third kappa shape index (κ3) is 3.96. The van der Waals surface area contributed by atoms with E-state index < -0.39 is 6.10 Å². The molecule has 1 aromatic carbocycles. The number of hydrogen-bond acceptors (Lipinski definition) is 3. The Kier molecular flexibility index (Phi) is 4.96. The van der Waals surface area contributed by atoms with Crippen LogP contribution in [0.5, 0.6) is 0 Å². The van der Waals surface area contributed by atoms with Gasteiger partial charge in [-0.1, -0.05) is 30.3 Å². The highest BCUT2D eigenvalue weighted by Gasteiger charge is 2.19. The average molecular weight is 273 g/mol. The summed E-state index contributed by atoms with van der Waals surface area (Å²) in [7, 11) is 0. The lowest BCUT2D eigenvalue weighted by molar-refractivity contribution is -0.122. The molecule has 4 heteroatoms. The number of aliphatic hydroxyl groups excluding tert-OH is 1. The maximum Gasteiger partial charge on any atom is 0.220 e. The fourth-order valence-corrected chi connectivity index (χ4v) is 1.99. The maximum absolute atomic E-state index is 12.0. The first-order valence-corrected chi connectivity index (χ1v) is 6.72. The Morgan fingerprint density at radius 3 is 2.60 bits per heavy atom. The van der Waals surface area contributed by atoms with Crippen molar-refractivity contribution in [3.63, 3.8) is 0 Å². The summed E-state index contributed by atoms with van der Waals surface area (Å²) in [6, 6.07) is 13.0. The van der Waals surface area contributed by atoms with Crippen LogP contribution in [0.4, 0.5) is 0 Å². The minimum absolute atomic E-state index is 0.101. The van der Waals surface area contributed by atoms with E-state index in [4.69, 9.17) is 4.42 Å². The fourth-order valence-electron chi connectivity index (χ4n) is 1.99. The number of hydrogen-bond donors (Lipinski definition) is 2. The van der Waals surface area contributed by atoms with Crippen LogP contribution in [0.25, 0.3) is 0 Å². The first-order chi connectivity index (χ1) is 9.66. The van der Waals surface area contributed by atoms with E-state index in [2.05, 4.69) is 5.32 Å². The van der Waals surface area contributed by atoms with Crippen LogP contribution >= 0.6 is 0 Å². The Hall–Kier alpha value is -2.07. The minimum atomic E-state index is -0.473. The van der Waals surface area contributed by atoms with Crippen LogP contribution in [-0.4, -0.2) is 17.1 Å². The molecule has 0 spiro atoms. The van der Waals surface area contributed by atoms with Gasteiger partial charge in [-0.25, -0.2) is 0 Å². The highest BCUT2D eigenvalue weighted by atomic mass is 16.3. The van der Waals surface area contributed by atoms with Gasteiger partial charge in [0.2, 0.25) is 5.91 Å².